The first-order valence-electron chi connectivity index (χ1n) is 17.1. The van der Waals surface area contributed by atoms with Gasteiger partial charge in [0, 0.05) is 43.1 Å². The Balaban J connectivity index is 1.03. The fraction of sp³-hybridized carbons (Fsp3) is 0. The van der Waals surface area contributed by atoms with Crippen LogP contribution in [0.1, 0.15) is 0 Å². The number of hydrogen-bond donors (Lipinski definition) is 0. The summed E-state index contributed by atoms with van der Waals surface area (Å²) in [7, 11) is 0. The largest absolute Gasteiger partial charge is 0.246 e. The fourth-order valence-electron chi connectivity index (χ4n) is 7.09. The summed E-state index contributed by atoms with van der Waals surface area (Å²) < 4.78 is 2.51. The molecule has 0 unspecified atom stereocenters. The molecule has 3 nitrogen and oxygen atoms in total. The lowest BCUT2D eigenvalue weighted by Crippen LogP contribution is -1.95. The predicted molar refractivity (Wildman–Crippen MR) is 215 cm³/mol. The second-order valence-electron chi connectivity index (χ2n) is 12.8. The molecule has 0 amide bonds. The molecule has 7 aromatic carbocycles. The average Bonchev–Trinajstić information content (AvgIpc) is 3.61. The van der Waals surface area contributed by atoms with Crippen molar-refractivity contribution in [1.29, 1.82) is 0 Å². The van der Waals surface area contributed by atoms with E-state index in [-0.39, 0.29) is 0 Å². The van der Waals surface area contributed by atoms with Crippen molar-refractivity contribution in [3.05, 3.63) is 176 Å². The molecular formula is C47H29N3S. The number of benzene rings is 7. The standard InChI is InChI=1S/C47H29N3S/c1-3-11-32(12-4-1)40-29-41(50-47(49-40)35-13-5-2-6-14-35)33-23-19-30(20-24-33)31-21-25-34(26-22-31)45-46-44(38-17-9-10-18-43(38)51-46)39-27-36-15-7-8-16-37(36)28-42(39)48-45/h1-29H. The summed E-state index contributed by atoms with van der Waals surface area (Å²) in [4.78, 5) is 15.3. The van der Waals surface area contributed by atoms with E-state index in [1.54, 1.807) is 0 Å². The highest BCUT2D eigenvalue weighted by atomic mass is 32.1. The lowest BCUT2D eigenvalue weighted by Gasteiger charge is -2.11. The SMILES string of the molecule is c1ccc(-c2cc(-c3ccc(-c4ccc(-c5nc6cc7ccccc7cc6c6c5sc5ccccc56)cc4)cc3)nc(-c3ccccc3)n2)cc1. The molecule has 51 heavy (non-hydrogen) atoms. The Morgan fingerprint density at radius 1 is 0.373 bits per heavy atom. The maximum atomic E-state index is 5.32. The van der Waals surface area contributed by atoms with Gasteiger partial charge >= 0.3 is 0 Å². The number of pyridine rings is 1. The summed E-state index contributed by atoms with van der Waals surface area (Å²) in [5, 5.41) is 6.22. The van der Waals surface area contributed by atoms with Gasteiger partial charge in [-0.05, 0) is 46.2 Å². The zero-order valence-electron chi connectivity index (χ0n) is 27.5. The molecule has 238 valence electrons. The quantitative estimate of drug-likeness (QED) is 0.171. The number of fused-ring (bicyclic) bond motifs is 6. The molecule has 0 atom stereocenters. The molecule has 0 saturated heterocycles. The molecule has 0 N–H and O–H groups in total. The number of nitrogens with zero attached hydrogens (tertiary/aromatic N) is 3. The zero-order valence-corrected chi connectivity index (χ0v) is 28.3. The van der Waals surface area contributed by atoms with Crippen molar-refractivity contribution in [2.45, 2.75) is 0 Å². The first-order chi connectivity index (χ1) is 25.2. The van der Waals surface area contributed by atoms with Crippen molar-refractivity contribution in [2.75, 3.05) is 0 Å². The highest BCUT2D eigenvalue weighted by molar-refractivity contribution is 7.26. The monoisotopic (exact) mass is 667 g/mol. The number of thiophene rings is 1. The molecule has 0 bridgehead atoms. The Morgan fingerprint density at radius 3 is 1.59 bits per heavy atom. The van der Waals surface area contributed by atoms with Crippen LogP contribution < -0.4 is 0 Å². The molecule has 0 spiro atoms. The van der Waals surface area contributed by atoms with Gasteiger partial charge in [-0.2, -0.15) is 0 Å². The zero-order chi connectivity index (χ0) is 33.7. The molecule has 4 heteroatoms. The molecular weight excluding hydrogens is 639 g/mol. The van der Waals surface area contributed by atoms with E-state index in [1.807, 2.05) is 47.7 Å². The van der Waals surface area contributed by atoms with Crippen molar-refractivity contribution in [1.82, 2.24) is 15.0 Å². The van der Waals surface area contributed by atoms with Crippen LogP contribution in [-0.2, 0) is 0 Å². The molecule has 0 saturated carbocycles. The van der Waals surface area contributed by atoms with Crippen molar-refractivity contribution < 1.29 is 0 Å². The molecule has 10 aromatic rings. The van der Waals surface area contributed by atoms with Crippen molar-refractivity contribution >= 4 is 53.2 Å². The Kier molecular flexibility index (Phi) is 7.00. The molecule has 0 aliphatic heterocycles. The van der Waals surface area contributed by atoms with Gasteiger partial charge in [-0.1, -0.05) is 152 Å². The van der Waals surface area contributed by atoms with Crippen LogP contribution in [0.5, 0.6) is 0 Å². The van der Waals surface area contributed by atoms with Gasteiger partial charge in [0.15, 0.2) is 5.82 Å². The van der Waals surface area contributed by atoms with Crippen LogP contribution in [0.4, 0.5) is 0 Å². The number of aromatic nitrogens is 3. The van der Waals surface area contributed by atoms with Crippen LogP contribution in [0.2, 0.25) is 0 Å². The third kappa shape index (κ3) is 5.25. The third-order valence-electron chi connectivity index (χ3n) is 9.68. The van der Waals surface area contributed by atoms with Gasteiger partial charge in [-0.3, -0.25) is 0 Å². The number of rotatable bonds is 5. The van der Waals surface area contributed by atoms with Crippen LogP contribution in [0.15, 0.2) is 176 Å². The van der Waals surface area contributed by atoms with E-state index in [2.05, 4.69) is 140 Å². The van der Waals surface area contributed by atoms with Crippen molar-refractivity contribution in [3.8, 4) is 56.3 Å². The van der Waals surface area contributed by atoms with Crippen LogP contribution in [0.3, 0.4) is 0 Å². The maximum Gasteiger partial charge on any atom is 0.160 e. The molecule has 0 aliphatic rings. The second kappa shape index (κ2) is 12.1. The van der Waals surface area contributed by atoms with Crippen LogP contribution >= 0.6 is 11.3 Å². The second-order valence-corrected chi connectivity index (χ2v) is 13.9. The third-order valence-corrected chi connectivity index (χ3v) is 10.9. The van der Waals surface area contributed by atoms with E-state index in [1.165, 1.54) is 36.3 Å². The lowest BCUT2D eigenvalue weighted by molar-refractivity contribution is 1.18. The van der Waals surface area contributed by atoms with E-state index in [9.17, 15) is 0 Å². The normalized spacial score (nSPS) is 11.5. The minimum absolute atomic E-state index is 0.717. The van der Waals surface area contributed by atoms with Gasteiger partial charge in [0.25, 0.3) is 0 Å². The first-order valence-corrected chi connectivity index (χ1v) is 17.9. The molecule has 0 aliphatic carbocycles. The maximum absolute atomic E-state index is 5.32. The average molecular weight is 668 g/mol. The van der Waals surface area contributed by atoms with E-state index in [0.717, 1.165) is 61.8 Å². The minimum atomic E-state index is 0.717. The molecule has 0 fully saturated rings. The summed E-state index contributed by atoms with van der Waals surface area (Å²) in [6, 6.07) is 61.9. The molecule has 3 aromatic heterocycles. The van der Waals surface area contributed by atoms with Crippen molar-refractivity contribution in [2.24, 2.45) is 0 Å². The highest BCUT2D eigenvalue weighted by Gasteiger charge is 2.17. The summed E-state index contributed by atoms with van der Waals surface area (Å²) in [6.45, 7) is 0. The predicted octanol–water partition coefficient (Wildman–Crippen LogP) is 12.9. The topological polar surface area (TPSA) is 38.7 Å². The minimum Gasteiger partial charge on any atom is -0.246 e. The summed E-state index contributed by atoms with van der Waals surface area (Å²) in [5.41, 5.74) is 10.4. The highest BCUT2D eigenvalue weighted by Crippen LogP contribution is 2.43. The Hall–Kier alpha value is -6.49. The van der Waals surface area contributed by atoms with Gasteiger partial charge < -0.3 is 0 Å². The fourth-order valence-corrected chi connectivity index (χ4v) is 8.32. The van der Waals surface area contributed by atoms with Gasteiger partial charge in [-0.25, -0.2) is 15.0 Å². The van der Waals surface area contributed by atoms with Gasteiger partial charge in [-0.15, -0.1) is 11.3 Å². The van der Waals surface area contributed by atoms with E-state index in [4.69, 9.17) is 15.0 Å². The Morgan fingerprint density at radius 2 is 0.902 bits per heavy atom. The first kappa shape index (κ1) is 29.4. The van der Waals surface area contributed by atoms with Crippen LogP contribution in [0.25, 0.3) is 98.1 Å². The van der Waals surface area contributed by atoms with Crippen molar-refractivity contribution in [3.63, 3.8) is 0 Å². The van der Waals surface area contributed by atoms with Crippen LogP contribution in [-0.4, -0.2) is 15.0 Å². The summed E-state index contributed by atoms with van der Waals surface area (Å²) in [5.74, 6) is 0.717. The Labute approximate surface area is 299 Å². The Bertz CT molecular complexity index is 2820. The molecule has 0 radical (unpaired) electrons. The van der Waals surface area contributed by atoms with Gasteiger partial charge in [0.1, 0.15) is 0 Å². The summed E-state index contributed by atoms with van der Waals surface area (Å²) in [6.07, 6.45) is 0. The van der Waals surface area contributed by atoms with E-state index in [0.29, 0.717) is 0 Å². The van der Waals surface area contributed by atoms with Crippen LogP contribution in [0, 0.1) is 0 Å². The van der Waals surface area contributed by atoms with E-state index >= 15 is 0 Å². The smallest absolute Gasteiger partial charge is 0.160 e. The molecule has 10 rings (SSSR count). The number of hydrogen-bond acceptors (Lipinski definition) is 4. The lowest BCUT2D eigenvalue weighted by atomic mass is 9.98. The van der Waals surface area contributed by atoms with E-state index < -0.39 is 0 Å². The van der Waals surface area contributed by atoms with Gasteiger partial charge in [0.2, 0.25) is 0 Å². The molecule has 3 heterocycles. The van der Waals surface area contributed by atoms with Gasteiger partial charge in [0.05, 0.1) is 27.3 Å². The summed E-state index contributed by atoms with van der Waals surface area (Å²) >= 11 is 1.83.